The average molecular weight is 259 g/mol. The quantitative estimate of drug-likeness (QED) is 0.779. The summed E-state index contributed by atoms with van der Waals surface area (Å²) >= 11 is 0. The molecule has 1 unspecified atom stereocenters. The Morgan fingerprint density at radius 1 is 1.32 bits per heavy atom. The molecular formula is C16H25N3. The summed E-state index contributed by atoms with van der Waals surface area (Å²) in [5, 5.41) is 12.6. The minimum atomic E-state index is -0.457. The van der Waals surface area contributed by atoms with E-state index in [1.807, 2.05) is 13.0 Å². The zero-order chi connectivity index (χ0) is 14.1. The Morgan fingerprint density at radius 2 is 2.00 bits per heavy atom. The van der Waals surface area contributed by atoms with Crippen molar-refractivity contribution in [1.82, 2.24) is 10.2 Å². The maximum Gasteiger partial charge on any atom is 0.116 e. The van der Waals surface area contributed by atoms with Gasteiger partial charge in [0.25, 0.3) is 0 Å². The molecule has 1 N–H and O–H groups in total. The van der Waals surface area contributed by atoms with Gasteiger partial charge in [-0.2, -0.15) is 5.26 Å². The Hall–Kier alpha value is -1.37. The van der Waals surface area contributed by atoms with Gasteiger partial charge in [0, 0.05) is 13.1 Å². The molecule has 0 saturated heterocycles. The van der Waals surface area contributed by atoms with Gasteiger partial charge in [-0.3, -0.25) is 5.32 Å². The number of hydrogen-bond acceptors (Lipinski definition) is 3. The number of nitrogens with one attached hydrogen (secondary N) is 1. The highest BCUT2D eigenvalue weighted by molar-refractivity contribution is 5.15. The number of rotatable bonds is 8. The molecule has 0 aliphatic rings. The summed E-state index contributed by atoms with van der Waals surface area (Å²) in [6, 6.07) is 12.9. The first-order chi connectivity index (χ1) is 9.09. The lowest BCUT2D eigenvalue weighted by atomic mass is 10.0. The third-order valence-corrected chi connectivity index (χ3v) is 3.22. The first kappa shape index (κ1) is 15.7. The SMILES string of the molecule is CCCNC(C)(C#N)CN(C)CCc1ccccc1. The summed E-state index contributed by atoms with van der Waals surface area (Å²) in [7, 11) is 2.08. The van der Waals surface area contributed by atoms with Gasteiger partial charge < -0.3 is 4.90 Å². The molecule has 104 valence electrons. The van der Waals surface area contributed by atoms with E-state index in [4.69, 9.17) is 0 Å². The number of nitriles is 1. The van der Waals surface area contributed by atoms with Crippen LogP contribution in [0.5, 0.6) is 0 Å². The molecule has 0 aliphatic carbocycles. The van der Waals surface area contributed by atoms with Gasteiger partial charge >= 0.3 is 0 Å². The first-order valence-corrected chi connectivity index (χ1v) is 6.98. The van der Waals surface area contributed by atoms with Crippen molar-refractivity contribution >= 4 is 0 Å². The fraction of sp³-hybridized carbons (Fsp3) is 0.562. The molecule has 1 aromatic carbocycles. The molecule has 0 saturated carbocycles. The smallest absolute Gasteiger partial charge is 0.116 e. The van der Waals surface area contributed by atoms with E-state index in [9.17, 15) is 5.26 Å². The molecule has 19 heavy (non-hydrogen) atoms. The topological polar surface area (TPSA) is 39.1 Å². The summed E-state index contributed by atoms with van der Waals surface area (Å²) in [4.78, 5) is 2.22. The molecule has 0 amide bonds. The standard InChI is InChI=1S/C16H25N3/c1-4-11-18-16(2,13-17)14-19(3)12-10-15-8-6-5-7-9-15/h5-9,18H,4,10-12,14H2,1-3H3. The molecule has 3 heteroatoms. The lowest BCUT2D eigenvalue weighted by molar-refractivity contribution is 0.263. The van der Waals surface area contributed by atoms with Crippen LogP contribution in [0.2, 0.25) is 0 Å². The fourth-order valence-corrected chi connectivity index (χ4v) is 2.12. The van der Waals surface area contributed by atoms with Crippen LogP contribution in [-0.4, -0.2) is 37.1 Å². The van der Waals surface area contributed by atoms with Crippen LogP contribution in [0, 0.1) is 11.3 Å². The highest BCUT2D eigenvalue weighted by Gasteiger charge is 2.24. The van der Waals surface area contributed by atoms with Crippen molar-refractivity contribution in [2.75, 3.05) is 26.7 Å². The van der Waals surface area contributed by atoms with Gasteiger partial charge in [0.05, 0.1) is 6.07 Å². The molecule has 0 aliphatic heterocycles. The minimum Gasteiger partial charge on any atom is -0.303 e. The van der Waals surface area contributed by atoms with E-state index in [1.54, 1.807) is 0 Å². The molecule has 1 rings (SSSR count). The summed E-state index contributed by atoms with van der Waals surface area (Å²) in [6.07, 6.45) is 2.07. The molecule has 3 nitrogen and oxygen atoms in total. The van der Waals surface area contributed by atoms with E-state index in [-0.39, 0.29) is 0 Å². The molecule has 0 heterocycles. The third kappa shape index (κ3) is 5.87. The predicted molar refractivity (Wildman–Crippen MR) is 80.0 cm³/mol. The van der Waals surface area contributed by atoms with Gasteiger partial charge in [-0.05, 0) is 38.9 Å². The van der Waals surface area contributed by atoms with Crippen molar-refractivity contribution in [3.05, 3.63) is 35.9 Å². The highest BCUT2D eigenvalue weighted by Crippen LogP contribution is 2.06. The summed E-state index contributed by atoms with van der Waals surface area (Å²) in [6.45, 7) is 6.69. The molecule has 0 bridgehead atoms. The van der Waals surface area contributed by atoms with Gasteiger partial charge in [-0.25, -0.2) is 0 Å². The van der Waals surface area contributed by atoms with Crippen molar-refractivity contribution in [2.24, 2.45) is 0 Å². The van der Waals surface area contributed by atoms with E-state index in [1.165, 1.54) is 5.56 Å². The van der Waals surface area contributed by atoms with E-state index in [0.29, 0.717) is 0 Å². The van der Waals surface area contributed by atoms with Gasteiger partial charge in [-0.15, -0.1) is 0 Å². The Kier molecular flexibility index (Phi) is 6.55. The van der Waals surface area contributed by atoms with Crippen LogP contribution >= 0.6 is 0 Å². The van der Waals surface area contributed by atoms with E-state index in [2.05, 4.69) is 54.5 Å². The zero-order valence-electron chi connectivity index (χ0n) is 12.3. The fourth-order valence-electron chi connectivity index (χ4n) is 2.12. The van der Waals surface area contributed by atoms with Crippen molar-refractivity contribution in [2.45, 2.75) is 32.2 Å². The molecule has 0 radical (unpaired) electrons. The molecule has 1 aromatic rings. The highest BCUT2D eigenvalue weighted by atomic mass is 15.1. The largest absolute Gasteiger partial charge is 0.303 e. The second kappa shape index (κ2) is 7.93. The Bertz CT molecular complexity index is 396. The molecule has 1 atom stereocenters. The van der Waals surface area contributed by atoms with E-state index in [0.717, 1.165) is 32.5 Å². The molecular weight excluding hydrogens is 234 g/mol. The summed E-state index contributed by atoms with van der Waals surface area (Å²) in [5.41, 5.74) is 0.885. The third-order valence-electron chi connectivity index (χ3n) is 3.22. The lowest BCUT2D eigenvalue weighted by Crippen LogP contribution is -2.50. The second-order valence-electron chi connectivity index (χ2n) is 5.34. The number of hydrogen-bond donors (Lipinski definition) is 1. The van der Waals surface area contributed by atoms with Gasteiger partial charge in [0.15, 0.2) is 0 Å². The van der Waals surface area contributed by atoms with Gasteiger partial charge in [0.2, 0.25) is 0 Å². The summed E-state index contributed by atoms with van der Waals surface area (Å²) < 4.78 is 0. The van der Waals surface area contributed by atoms with Crippen LogP contribution in [0.15, 0.2) is 30.3 Å². The van der Waals surface area contributed by atoms with Crippen LogP contribution in [0.25, 0.3) is 0 Å². The van der Waals surface area contributed by atoms with Crippen molar-refractivity contribution < 1.29 is 0 Å². The maximum absolute atomic E-state index is 9.31. The van der Waals surface area contributed by atoms with Crippen LogP contribution in [-0.2, 0) is 6.42 Å². The van der Waals surface area contributed by atoms with Crippen molar-refractivity contribution in [3.63, 3.8) is 0 Å². The maximum atomic E-state index is 9.31. The van der Waals surface area contributed by atoms with E-state index >= 15 is 0 Å². The molecule has 0 fully saturated rings. The zero-order valence-corrected chi connectivity index (χ0v) is 12.3. The van der Waals surface area contributed by atoms with Crippen LogP contribution in [0.3, 0.4) is 0 Å². The second-order valence-corrected chi connectivity index (χ2v) is 5.34. The van der Waals surface area contributed by atoms with E-state index < -0.39 is 5.54 Å². The van der Waals surface area contributed by atoms with Gasteiger partial charge in [0.1, 0.15) is 5.54 Å². The van der Waals surface area contributed by atoms with Crippen molar-refractivity contribution in [3.8, 4) is 6.07 Å². The lowest BCUT2D eigenvalue weighted by Gasteiger charge is -2.28. The van der Waals surface area contributed by atoms with Crippen LogP contribution in [0.4, 0.5) is 0 Å². The first-order valence-electron chi connectivity index (χ1n) is 6.98. The average Bonchev–Trinajstić information content (AvgIpc) is 2.44. The van der Waals surface area contributed by atoms with Crippen LogP contribution in [0.1, 0.15) is 25.8 Å². The Labute approximate surface area is 117 Å². The molecule has 0 aromatic heterocycles. The van der Waals surface area contributed by atoms with Gasteiger partial charge in [-0.1, -0.05) is 37.3 Å². The predicted octanol–water partition coefficient (Wildman–Crippen LogP) is 2.44. The Morgan fingerprint density at radius 3 is 2.58 bits per heavy atom. The minimum absolute atomic E-state index is 0.457. The summed E-state index contributed by atoms with van der Waals surface area (Å²) in [5.74, 6) is 0. The normalized spacial score (nSPS) is 14.1. The van der Waals surface area contributed by atoms with Crippen molar-refractivity contribution in [1.29, 1.82) is 5.26 Å². The Balaban J connectivity index is 2.41. The number of nitrogens with zero attached hydrogens (tertiary/aromatic N) is 2. The monoisotopic (exact) mass is 259 g/mol. The van der Waals surface area contributed by atoms with Crippen LogP contribution < -0.4 is 5.32 Å². The number of benzene rings is 1. The molecule has 0 spiro atoms. The number of likely N-dealkylation sites (N-methyl/N-ethyl adjacent to an activating group) is 1.